The van der Waals surface area contributed by atoms with Gasteiger partial charge in [-0.05, 0) is 12.0 Å². The Balaban J connectivity index is 1.98. The van der Waals surface area contributed by atoms with Gasteiger partial charge in [0.25, 0.3) is 0 Å². The van der Waals surface area contributed by atoms with Crippen molar-refractivity contribution in [3.05, 3.63) is 35.9 Å². The third kappa shape index (κ3) is 4.07. The number of hydrogen-bond acceptors (Lipinski definition) is 3. The highest BCUT2D eigenvalue weighted by molar-refractivity contribution is 5.80. The molecular weight excluding hydrogens is 282 g/mol. The molecule has 0 spiro atoms. The summed E-state index contributed by atoms with van der Waals surface area (Å²) in [5.74, 6) is -1.68. The molecule has 1 aromatic rings. The van der Waals surface area contributed by atoms with Gasteiger partial charge in [-0.2, -0.15) is 0 Å². The van der Waals surface area contributed by atoms with Gasteiger partial charge >= 0.3 is 5.97 Å². The Morgan fingerprint density at radius 3 is 2.64 bits per heavy atom. The molecule has 5 nitrogen and oxygen atoms in total. The van der Waals surface area contributed by atoms with Crippen molar-refractivity contribution in [2.45, 2.75) is 25.7 Å². The summed E-state index contributed by atoms with van der Waals surface area (Å²) >= 11 is 0. The molecule has 2 atom stereocenters. The van der Waals surface area contributed by atoms with Crippen LogP contribution in [0.25, 0.3) is 0 Å². The normalized spacial score (nSPS) is 21.0. The first kappa shape index (κ1) is 16.5. The average molecular weight is 305 g/mol. The molecule has 120 valence electrons. The van der Waals surface area contributed by atoms with Gasteiger partial charge < -0.3 is 14.7 Å². The summed E-state index contributed by atoms with van der Waals surface area (Å²) in [6.07, 6.45) is 1.95. The van der Waals surface area contributed by atoms with Crippen LogP contribution in [0.2, 0.25) is 0 Å². The molecule has 0 saturated carbocycles. The molecule has 0 bridgehead atoms. The number of carboxylic acids is 1. The summed E-state index contributed by atoms with van der Waals surface area (Å²) in [5, 5.41) is 9.42. The van der Waals surface area contributed by atoms with Crippen LogP contribution in [0.4, 0.5) is 0 Å². The lowest BCUT2D eigenvalue weighted by molar-refractivity contribution is -0.142. The monoisotopic (exact) mass is 305 g/mol. The average Bonchev–Trinajstić information content (AvgIpc) is 2.98. The minimum Gasteiger partial charge on any atom is -0.481 e. The number of benzene rings is 1. The van der Waals surface area contributed by atoms with Crippen molar-refractivity contribution in [1.82, 2.24) is 4.90 Å². The standard InChI is InChI=1S/C17H23NO4/c1-2-3-9-22-12-16(19)18-10-14(15(11-18)17(20)21)13-7-5-4-6-8-13/h4-8,14-15H,2-3,9-12H2,1H3,(H,20,21)/t14-,15-/m0/s1. The van der Waals surface area contributed by atoms with E-state index in [1.165, 1.54) is 0 Å². The quantitative estimate of drug-likeness (QED) is 0.784. The summed E-state index contributed by atoms with van der Waals surface area (Å²) in [4.78, 5) is 25.3. The smallest absolute Gasteiger partial charge is 0.308 e. The second kappa shape index (κ2) is 7.94. The van der Waals surface area contributed by atoms with E-state index in [1.807, 2.05) is 30.3 Å². The highest BCUT2D eigenvalue weighted by Gasteiger charge is 2.40. The van der Waals surface area contributed by atoms with Gasteiger partial charge in [0.15, 0.2) is 0 Å². The number of amides is 1. The number of aliphatic carboxylic acids is 1. The topological polar surface area (TPSA) is 66.8 Å². The maximum Gasteiger partial charge on any atom is 0.308 e. The van der Waals surface area contributed by atoms with Gasteiger partial charge in [0, 0.05) is 25.6 Å². The fourth-order valence-electron chi connectivity index (χ4n) is 2.79. The summed E-state index contributed by atoms with van der Waals surface area (Å²) in [7, 11) is 0. The first-order valence-electron chi connectivity index (χ1n) is 7.76. The number of carboxylic acid groups (broad SMARTS) is 1. The Morgan fingerprint density at radius 2 is 2.00 bits per heavy atom. The van der Waals surface area contributed by atoms with Gasteiger partial charge in [0.2, 0.25) is 5.91 Å². The summed E-state index contributed by atoms with van der Waals surface area (Å²) in [6.45, 7) is 3.36. The number of nitrogens with zero attached hydrogens (tertiary/aromatic N) is 1. The highest BCUT2D eigenvalue weighted by atomic mass is 16.5. The summed E-state index contributed by atoms with van der Waals surface area (Å²) in [5.41, 5.74) is 0.970. The van der Waals surface area contributed by atoms with Crippen LogP contribution in [-0.4, -0.2) is 48.2 Å². The number of carbonyl (C=O) groups excluding carboxylic acids is 1. The summed E-state index contributed by atoms with van der Waals surface area (Å²) < 4.78 is 5.35. The molecule has 1 aliphatic rings. The molecule has 1 N–H and O–H groups in total. The molecule has 0 aromatic heterocycles. The van der Waals surface area contributed by atoms with Gasteiger partial charge in [-0.1, -0.05) is 43.7 Å². The number of carbonyl (C=O) groups is 2. The van der Waals surface area contributed by atoms with E-state index in [-0.39, 0.29) is 25.0 Å². The highest BCUT2D eigenvalue weighted by Crippen LogP contribution is 2.32. The summed E-state index contributed by atoms with van der Waals surface area (Å²) in [6, 6.07) is 9.54. The van der Waals surface area contributed by atoms with Crippen molar-refractivity contribution in [2.24, 2.45) is 5.92 Å². The molecule has 1 aromatic carbocycles. The third-order valence-electron chi connectivity index (χ3n) is 4.09. The number of unbranched alkanes of at least 4 members (excludes halogenated alkanes) is 1. The van der Waals surface area contributed by atoms with Gasteiger partial charge in [0.05, 0.1) is 5.92 Å². The van der Waals surface area contributed by atoms with Crippen LogP contribution in [0, 0.1) is 5.92 Å². The predicted molar refractivity (Wildman–Crippen MR) is 82.6 cm³/mol. The van der Waals surface area contributed by atoms with Crippen molar-refractivity contribution in [3.63, 3.8) is 0 Å². The van der Waals surface area contributed by atoms with Crippen LogP contribution < -0.4 is 0 Å². The molecule has 1 saturated heterocycles. The maximum absolute atomic E-state index is 12.2. The Kier molecular flexibility index (Phi) is 5.95. The molecule has 1 heterocycles. The van der Waals surface area contributed by atoms with Crippen LogP contribution in [0.15, 0.2) is 30.3 Å². The Hall–Kier alpha value is -1.88. The van der Waals surface area contributed by atoms with Crippen molar-refractivity contribution in [2.75, 3.05) is 26.3 Å². The molecule has 2 rings (SSSR count). The lowest BCUT2D eigenvalue weighted by Gasteiger charge is -2.16. The minimum atomic E-state index is -0.851. The molecule has 22 heavy (non-hydrogen) atoms. The molecular formula is C17H23NO4. The third-order valence-corrected chi connectivity index (χ3v) is 4.09. The maximum atomic E-state index is 12.2. The lowest BCUT2D eigenvalue weighted by Crippen LogP contribution is -2.33. The zero-order valence-electron chi connectivity index (χ0n) is 12.9. The predicted octanol–water partition coefficient (Wildman–Crippen LogP) is 2.13. The Labute approximate surface area is 130 Å². The molecule has 0 radical (unpaired) electrons. The van der Waals surface area contributed by atoms with Gasteiger partial charge in [-0.15, -0.1) is 0 Å². The van der Waals surface area contributed by atoms with Gasteiger partial charge in [0.1, 0.15) is 6.61 Å². The number of rotatable bonds is 7. The number of likely N-dealkylation sites (tertiary alicyclic amines) is 1. The zero-order chi connectivity index (χ0) is 15.9. The van der Waals surface area contributed by atoms with Gasteiger partial charge in [-0.3, -0.25) is 9.59 Å². The largest absolute Gasteiger partial charge is 0.481 e. The van der Waals surface area contributed by atoms with Crippen LogP contribution in [0.3, 0.4) is 0 Å². The van der Waals surface area contributed by atoms with E-state index in [2.05, 4.69) is 6.92 Å². The molecule has 5 heteroatoms. The number of hydrogen-bond donors (Lipinski definition) is 1. The van der Waals surface area contributed by atoms with E-state index in [4.69, 9.17) is 4.74 Å². The van der Waals surface area contributed by atoms with Crippen molar-refractivity contribution < 1.29 is 19.4 Å². The first-order chi connectivity index (χ1) is 10.6. The second-order valence-electron chi connectivity index (χ2n) is 5.67. The Morgan fingerprint density at radius 1 is 1.27 bits per heavy atom. The van der Waals surface area contributed by atoms with E-state index in [0.29, 0.717) is 13.2 Å². The van der Waals surface area contributed by atoms with Crippen molar-refractivity contribution in [3.8, 4) is 0 Å². The molecule has 1 aliphatic heterocycles. The second-order valence-corrected chi connectivity index (χ2v) is 5.67. The van der Waals surface area contributed by atoms with Gasteiger partial charge in [-0.25, -0.2) is 0 Å². The molecule has 0 aliphatic carbocycles. The zero-order valence-corrected chi connectivity index (χ0v) is 12.9. The first-order valence-corrected chi connectivity index (χ1v) is 7.76. The lowest BCUT2D eigenvalue weighted by atomic mass is 9.89. The minimum absolute atomic E-state index is 0.0356. The van der Waals surface area contributed by atoms with Crippen LogP contribution >= 0.6 is 0 Å². The fourth-order valence-corrected chi connectivity index (χ4v) is 2.79. The molecule has 0 unspecified atom stereocenters. The van der Waals surface area contributed by atoms with E-state index in [9.17, 15) is 14.7 Å². The molecule has 1 fully saturated rings. The van der Waals surface area contributed by atoms with Crippen LogP contribution in [0.5, 0.6) is 0 Å². The van der Waals surface area contributed by atoms with Crippen LogP contribution in [0.1, 0.15) is 31.2 Å². The number of ether oxygens (including phenoxy) is 1. The van der Waals surface area contributed by atoms with Crippen molar-refractivity contribution in [1.29, 1.82) is 0 Å². The van der Waals surface area contributed by atoms with E-state index >= 15 is 0 Å². The van der Waals surface area contributed by atoms with Crippen molar-refractivity contribution >= 4 is 11.9 Å². The van der Waals surface area contributed by atoms with E-state index in [1.54, 1.807) is 4.90 Å². The van der Waals surface area contributed by atoms with Crippen LogP contribution in [-0.2, 0) is 14.3 Å². The fraction of sp³-hybridized carbons (Fsp3) is 0.529. The molecule has 1 amide bonds. The van der Waals surface area contributed by atoms with E-state index in [0.717, 1.165) is 18.4 Å². The van der Waals surface area contributed by atoms with E-state index < -0.39 is 11.9 Å². The Bertz CT molecular complexity index is 503. The SMILES string of the molecule is CCCCOCC(=O)N1C[C@H](C(=O)O)[C@H](c2ccccc2)C1.